The number of likely N-dealkylation sites (tertiary alicyclic amines) is 1. The fourth-order valence-corrected chi connectivity index (χ4v) is 4.32. The van der Waals surface area contributed by atoms with Crippen molar-refractivity contribution in [3.8, 4) is 0 Å². The van der Waals surface area contributed by atoms with Crippen molar-refractivity contribution in [3.05, 3.63) is 0 Å². The van der Waals surface area contributed by atoms with E-state index >= 15 is 0 Å². The molecule has 3 unspecified atom stereocenters. The molecule has 0 spiro atoms. The maximum absolute atomic E-state index is 12.5. The molecule has 0 radical (unpaired) electrons. The average Bonchev–Trinajstić information content (AvgIpc) is 2.56. The van der Waals surface area contributed by atoms with E-state index in [1.165, 1.54) is 0 Å². The summed E-state index contributed by atoms with van der Waals surface area (Å²) < 4.78 is 0. The second-order valence-corrected chi connectivity index (χ2v) is 7.96. The van der Waals surface area contributed by atoms with Crippen LogP contribution in [-0.2, 0) is 9.59 Å². The number of hydrogen-bond donors (Lipinski definition) is 2. The fourth-order valence-electron chi connectivity index (χ4n) is 3.37. The lowest BCUT2D eigenvalue weighted by atomic mass is 9.96. The second-order valence-electron chi connectivity index (χ2n) is 6.81. The van der Waals surface area contributed by atoms with Crippen LogP contribution in [0, 0.1) is 5.92 Å². The molecular weight excluding hydrogens is 310 g/mol. The molecular formula is C17H31N3O2S. The van der Waals surface area contributed by atoms with Crippen molar-refractivity contribution >= 4 is 23.6 Å². The first kappa shape index (κ1) is 18.6. The number of amides is 2. The Labute approximate surface area is 144 Å². The summed E-state index contributed by atoms with van der Waals surface area (Å²) in [6.07, 6.45) is 4.47. The Bertz CT molecular complexity index is 399. The lowest BCUT2D eigenvalue weighted by Gasteiger charge is -2.34. The summed E-state index contributed by atoms with van der Waals surface area (Å²) in [5.41, 5.74) is 0. The number of nitrogens with one attached hydrogen (secondary N) is 2. The number of hydrogen-bond acceptors (Lipinski definition) is 4. The van der Waals surface area contributed by atoms with Gasteiger partial charge < -0.3 is 15.5 Å². The van der Waals surface area contributed by atoms with Gasteiger partial charge in [-0.1, -0.05) is 13.3 Å². The van der Waals surface area contributed by atoms with Gasteiger partial charge in [0.25, 0.3) is 0 Å². The van der Waals surface area contributed by atoms with Crippen LogP contribution in [0.2, 0.25) is 0 Å². The minimum Gasteiger partial charge on any atom is -0.353 e. The van der Waals surface area contributed by atoms with Crippen molar-refractivity contribution in [2.24, 2.45) is 5.92 Å². The molecule has 3 atom stereocenters. The van der Waals surface area contributed by atoms with E-state index in [1.54, 1.807) is 0 Å². The van der Waals surface area contributed by atoms with Crippen molar-refractivity contribution in [1.82, 2.24) is 15.5 Å². The van der Waals surface area contributed by atoms with Gasteiger partial charge in [0.2, 0.25) is 11.8 Å². The van der Waals surface area contributed by atoms with Gasteiger partial charge in [-0.2, -0.15) is 11.8 Å². The van der Waals surface area contributed by atoms with Crippen LogP contribution in [0.5, 0.6) is 0 Å². The molecule has 23 heavy (non-hydrogen) atoms. The second kappa shape index (κ2) is 9.52. The molecule has 2 aliphatic rings. The van der Waals surface area contributed by atoms with Gasteiger partial charge in [0.05, 0.1) is 5.92 Å². The molecule has 2 amide bonds. The molecule has 0 aromatic heterocycles. The predicted octanol–water partition coefficient (Wildman–Crippen LogP) is 1.62. The Balaban J connectivity index is 1.79. The Morgan fingerprint density at radius 1 is 1.43 bits per heavy atom. The van der Waals surface area contributed by atoms with Crippen molar-refractivity contribution < 1.29 is 9.59 Å². The van der Waals surface area contributed by atoms with Gasteiger partial charge in [-0.05, 0) is 26.2 Å². The van der Waals surface area contributed by atoms with E-state index < -0.39 is 0 Å². The van der Waals surface area contributed by atoms with Crippen LogP contribution in [0.4, 0.5) is 0 Å². The number of nitrogens with zero attached hydrogens (tertiary/aromatic N) is 1. The highest BCUT2D eigenvalue weighted by molar-refractivity contribution is 7.99. The van der Waals surface area contributed by atoms with Gasteiger partial charge in [0, 0.05) is 49.6 Å². The van der Waals surface area contributed by atoms with Crippen LogP contribution in [0.25, 0.3) is 0 Å². The van der Waals surface area contributed by atoms with Gasteiger partial charge in [-0.25, -0.2) is 0 Å². The zero-order chi connectivity index (χ0) is 16.7. The van der Waals surface area contributed by atoms with E-state index in [-0.39, 0.29) is 23.8 Å². The lowest BCUT2D eigenvalue weighted by Crippen LogP contribution is -2.49. The molecule has 6 heteroatoms. The highest BCUT2D eigenvalue weighted by atomic mass is 32.2. The molecule has 0 aromatic carbocycles. The largest absolute Gasteiger partial charge is 0.353 e. The third kappa shape index (κ3) is 5.99. The number of thioether (sulfide) groups is 1. The fraction of sp³-hybridized carbons (Fsp3) is 0.882. The first-order chi connectivity index (χ1) is 11.1. The molecule has 2 heterocycles. The zero-order valence-corrected chi connectivity index (χ0v) is 15.3. The highest BCUT2D eigenvalue weighted by Crippen LogP contribution is 2.19. The average molecular weight is 342 g/mol. The summed E-state index contributed by atoms with van der Waals surface area (Å²) >= 11 is 1.91. The van der Waals surface area contributed by atoms with E-state index in [2.05, 4.69) is 24.5 Å². The van der Waals surface area contributed by atoms with Crippen LogP contribution in [0.3, 0.4) is 0 Å². The summed E-state index contributed by atoms with van der Waals surface area (Å²) in [6, 6.07) is 0.516. The highest BCUT2D eigenvalue weighted by Gasteiger charge is 2.30. The maximum atomic E-state index is 12.5. The van der Waals surface area contributed by atoms with Crippen molar-refractivity contribution in [1.29, 1.82) is 0 Å². The summed E-state index contributed by atoms with van der Waals surface area (Å²) in [5, 5.41) is 6.51. The van der Waals surface area contributed by atoms with Crippen LogP contribution in [0.15, 0.2) is 0 Å². The smallest absolute Gasteiger partial charge is 0.225 e. The first-order valence-electron chi connectivity index (χ1n) is 8.99. The van der Waals surface area contributed by atoms with Crippen LogP contribution >= 0.6 is 11.8 Å². The lowest BCUT2D eigenvalue weighted by molar-refractivity contribution is -0.136. The topological polar surface area (TPSA) is 61.4 Å². The van der Waals surface area contributed by atoms with E-state index in [0.717, 1.165) is 50.3 Å². The summed E-state index contributed by atoms with van der Waals surface area (Å²) in [7, 11) is 0. The Morgan fingerprint density at radius 3 is 2.96 bits per heavy atom. The van der Waals surface area contributed by atoms with Crippen molar-refractivity contribution in [2.45, 2.75) is 58.0 Å². The zero-order valence-electron chi connectivity index (χ0n) is 14.5. The molecule has 2 aliphatic heterocycles. The van der Waals surface area contributed by atoms with E-state index in [1.807, 2.05) is 16.7 Å². The molecule has 0 bridgehead atoms. The van der Waals surface area contributed by atoms with Crippen LogP contribution < -0.4 is 10.6 Å². The van der Waals surface area contributed by atoms with Crippen molar-refractivity contribution in [2.75, 3.05) is 31.1 Å². The molecule has 2 saturated heterocycles. The normalized spacial score (nSPS) is 26.6. The third-order valence-electron chi connectivity index (χ3n) is 4.67. The molecule has 132 valence electrons. The van der Waals surface area contributed by atoms with Gasteiger partial charge in [0.15, 0.2) is 0 Å². The minimum absolute atomic E-state index is 0.0410. The Hall–Kier alpha value is -0.750. The van der Waals surface area contributed by atoms with Crippen LogP contribution in [-0.4, -0.2) is 59.9 Å². The molecule has 2 fully saturated rings. The van der Waals surface area contributed by atoms with Crippen LogP contribution in [0.1, 0.15) is 46.0 Å². The molecule has 2 rings (SSSR count). The Morgan fingerprint density at radius 2 is 2.26 bits per heavy atom. The van der Waals surface area contributed by atoms with E-state index in [9.17, 15) is 9.59 Å². The summed E-state index contributed by atoms with van der Waals surface area (Å²) in [4.78, 5) is 26.8. The number of carbonyl (C=O) groups excluding carboxylic acids is 2. The third-order valence-corrected chi connectivity index (χ3v) is 5.81. The quantitative estimate of drug-likeness (QED) is 0.771. The van der Waals surface area contributed by atoms with E-state index in [0.29, 0.717) is 19.0 Å². The molecule has 2 N–H and O–H groups in total. The monoisotopic (exact) mass is 341 g/mol. The maximum Gasteiger partial charge on any atom is 0.225 e. The summed E-state index contributed by atoms with van der Waals surface area (Å²) in [6.45, 7) is 6.56. The number of carbonyl (C=O) groups is 2. The molecule has 0 aromatic rings. The number of rotatable bonds is 6. The first-order valence-corrected chi connectivity index (χ1v) is 10.1. The SMILES string of the molecule is CCCC(C)NC(=O)C1CCCN(C(=O)CC2CSCCN2)C1. The van der Waals surface area contributed by atoms with Crippen molar-refractivity contribution in [3.63, 3.8) is 0 Å². The summed E-state index contributed by atoms with van der Waals surface area (Å²) in [5.74, 6) is 2.42. The number of piperidine rings is 1. The Kier molecular flexibility index (Phi) is 7.70. The van der Waals surface area contributed by atoms with Gasteiger partial charge in [-0.3, -0.25) is 9.59 Å². The standard InChI is InChI=1S/C17H31N3O2S/c1-3-5-13(2)19-17(22)14-6-4-8-20(11-14)16(21)10-15-12-23-9-7-18-15/h13-15,18H,3-12H2,1-2H3,(H,19,22). The van der Waals surface area contributed by atoms with E-state index in [4.69, 9.17) is 0 Å². The predicted molar refractivity (Wildman–Crippen MR) is 95.5 cm³/mol. The van der Waals surface area contributed by atoms with Gasteiger partial charge >= 0.3 is 0 Å². The van der Waals surface area contributed by atoms with Gasteiger partial charge in [0.1, 0.15) is 0 Å². The molecule has 0 saturated carbocycles. The molecule has 5 nitrogen and oxygen atoms in total. The minimum atomic E-state index is -0.0410. The van der Waals surface area contributed by atoms with Gasteiger partial charge in [-0.15, -0.1) is 0 Å². The molecule has 0 aliphatic carbocycles.